The van der Waals surface area contributed by atoms with Crippen LogP contribution in [0.25, 0.3) is 10.9 Å². The Labute approximate surface area is 93.9 Å². The van der Waals surface area contributed by atoms with Crippen molar-refractivity contribution in [2.45, 2.75) is 25.3 Å². The van der Waals surface area contributed by atoms with Crippen molar-refractivity contribution in [2.24, 2.45) is 0 Å². The van der Waals surface area contributed by atoms with Gasteiger partial charge in [0, 0.05) is 17.1 Å². The number of fused-ring (bicyclic) bond motifs is 1. The molecule has 1 heterocycles. The first-order valence-electron chi connectivity index (χ1n) is 5.60. The van der Waals surface area contributed by atoms with Crippen LogP contribution >= 0.6 is 0 Å². The molecule has 0 amide bonds. The van der Waals surface area contributed by atoms with E-state index in [0.717, 1.165) is 22.4 Å². The van der Waals surface area contributed by atoms with Crippen LogP contribution in [0.1, 0.15) is 19.3 Å². The molecular weight excluding hydrogens is 200 g/mol. The maximum atomic E-state index is 5.79. The molecule has 1 aliphatic carbocycles. The van der Waals surface area contributed by atoms with E-state index in [4.69, 9.17) is 5.73 Å². The van der Waals surface area contributed by atoms with Crippen molar-refractivity contribution in [3.8, 4) is 0 Å². The van der Waals surface area contributed by atoms with Gasteiger partial charge in [0.25, 0.3) is 0 Å². The number of nitrogens with two attached hydrogens (primary N) is 1. The lowest BCUT2D eigenvalue weighted by molar-refractivity contribution is 0.445. The molecule has 4 heteroatoms. The van der Waals surface area contributed by atoms with Crippen molar-refractivity contribution in [3.63, 3.8) is 0 Å². The lowest BCUT2D eigenvalue weighted by Gasteiger charge is -2.27. The predicted molar refractivity (Wildman–Crippen MR) is 65.2 cm³/mol. The number of anilines is 2. The summed E-state index contributed by atoms with van der Waals surface area (Å²) in [4.78, 5) is 8.52. The van der Waals surface area contributed by atoms with E-state index in [1.165, 1.54) is 19.3 Å². The highest BCUT2D eigenvalue weighted by Gasteiger charge is 2.18. The van der Waals surface area contributed by atoms with E-state index >= 15 is 0 Å². The zero-order chi connectivity index (χ0) is 11.0. The highest BCUT2D eigenvalue weighted by atomic mass is 15.0. The van der Waals surface area contributed by atoms with Crippen LogP contribution in [0.5, 0.6) is 0 Å². The predicted octanol–water partition coefficient (Wildman–Crippen LogP) is 2.18. The van der Waals surface area contributed by atoms with Gasteiger partial charge in [-0.1, -0.05) is 0 Å². The van der Waals surface area contributed by atoms with Crippen molar-refractivity contribution < 1.29 is 0 Å². The van der Waals surface area contributed by atoms with E-state index in [1.54, 1.807) is 6.33 Å². The monoisotopic (exact) mass is 214 g/mol. The number of hydrogen-bond acceptors (Lipinski definition) is 4. The molecule has 1 aromatic heterocycles. The van der Waals surface area contributed by atoms with Crippen molar-refractivity contribution in [1.82, 2.24) is 9.97 Å². The zero-order valence-electron chi connectivity index (χ0n) is 8.98. The molecule has 0 spiro atoms. The van der Waals surface area contributed by atoms with Crippen LogP contribution in [0, 0.1) is 0 Å². The third kappa shape index (κ3) is 1.56. The second-order valence-electron chi connectivity index (χ2n) is 4.27. The van der Waals surface area contributed by atoms with Crippen molar-refractivity contribution in [2.75, 3.05) is 11.1 Å². The van der Waals surface area contributed by atoms with E-state index in [9.17, 15) is 0 Å². The Kier molecular flexibility index (Phi) is 2.13. The lowest BCUT2D eigenvalue weighted by Crippen LogP contribution is -2.27. The Bertz CT molecular complexity index is 519. The number of nitrogen functional groups attached to an aromatic ring is 1. The molecule has 3 rings (SSSR count). The van der Waals surface area contributed by atoms with Gasteiger partial charge in [0.2, 0.25) is 0 Å². The Balaban J connectivity index is 2.04. The first kappa shape index (κ1) is 9.39. The fraction of sp³-hybridized carbons (Fsp3) is 0.333. The highest BCUT2D eigenvalue weighted by molar-refractivity contribution is 5.91. The van der Waals surface area contributed by atoms with Gasteiger partial charge in [-0.3, -0.25) is 0 Å². The molecule has 1 saturated carbocycles. The topological polar surface area (TPSA) is 63.8 Å². The molecule has 0 radical (unpaired) electrons. The largest absolute Gasteiger partial charge is 0.399 e. The van der Waals surface area contributed by atoms with Gasteiger partial charge in [-0.2, -0.15) is 0 Å². The molecule has 1 fully saturated rings. The first-order chi connectivity index (χ1) is 7.83. The summed E-state index contributed by atoms with van der Waals surface area (Å²) in [7, 11) is 0. The van der Waals surface area contributed by atoms with Gasteiger partial charge in [-0.25, -0.2) is 9.97 Å². The van der Waals surface area contributed by atoms with Gasteiger partial charge >= 0.3 is 0 Å². The first-order valence-corrected chi connectivity index (χ1v) is 5.60. The van der Waals surface area contributed by atoms with E-state index < -0.39 is 0 Å². The third-order valence-corrected chi connectivity index (χ3v) is 3.11. The molecule has 4 nitrogen and oxygen atoms in total. The second-order valence-corrected chi connectivity index (χ2v) is 4.27. The van der Waals surface area contributed by atoms with Gasteiger partial charge in [-0.05, 0) is 37.5 Å². The maximum Gasteiger partial charge on any atom is 0.137 e. The van der Waals surface area contributed by atoms with Crippen LogP contribution < -0.4 is 11.1 Å². The van der Waals surface area contributed by atoms with E-state index in [0.29, 0.717) is 6.04 Å². The van der Waals surface area contributed by atoms with Crippen LogP contribution in [-0.4, -0.2) is 16.0 Å². The normalized spacial score (nSPS) is 16.0. The van der Waals surface area contributed by atoms with Crippen molar-refractivity contribution in [1.29, 1.82) is 0 Å². The smallest absolute Gasteiger partial charge is 0.137 e. The molecule has 1 aromatic carbocycles. The van der Waals surface area contributed by atoms with Crippen LogP contribution in [0.15, 0.2) is 24.5 Å². The Morgan fingerprint density at radius 3 is 2.88 bits per heavy atom. The minimum Gasteiger partial charge on any atom is -0.399 e. The molecule has 3 N–H and O–H groups in total. The van der Waals surface area contributed by atoms with E-state index in [1.807, 2.05) is 18.2 Å². The number of aromatic nitrogens is 2. The molecule has 82 valence electrons. The molecule has 0 saturated heterocycles. The van der Waals surface area contributed by atoms with Crippen molar-refractivity contribution >= 4 is 22.4 Å². The minimum absolute atomic E-state index is 0.569. The van der Waals surface area contributed by atoms with Crippen molar-refractivity contribution in [3.05, 3.63) is 24.5 Å². The van der Waals surface area contributed by atoms with E-state index in [-0.39, 0.29) is 0 Å². The molecule has 0 unspecified atom stereocenters. The summed E-state index contributed by atoms with van der Waals surface area (Å²) in [6.45, 7) is 0. The Morgan fingerprint density at radius 2 is 2.12 bits per heavy atom. The summed E-state index contributed by atoms with van der Waals surface area (Å²) >= 11 is 0. The Hall–Kier alpha value is -1.84. The quantitative estimate of drug-likeness (QED) is 0.752. The summed E-state index contributed by atoms with van der Waals surface area (Å²) in [6.07, 6.45) is 5.37. The number of nitrogens with one attached hydrogen (secondary N) is 1. The van der Waals surface area contributed by atoms with Gasteiger partial charge in [-0.15, -0.1) is 0 Å². The van der Waals surface area contributed by atoms with Crippen LogP contribution in [0.3, 0.4) is 0 Å². The van der Waals surface area contributed by atoms with Gasteiger partial charge in [0.15, 0.2) is 0 Å². The summed E-state index contributed by atoms with van der Waals surface area (Å²) < 4.78 is 0. The fourth-order valence-electron chi connectivity index (χ4n) is 1.94. The van der Waals surface area contributed by atoms with Crippen LogP contribution in [-0.2, 0) is 0 Å². The average Bonchev–Trinajstić information content (AvgIpc) is 2.23. The summed E-state index contributed by atoms with van der Waals surface area (Å²) in [5.74, 6) is 0.905. The minimum atomic E-state index is 0.569. The molecule has 1 aliphatic rings. The average molecular weight is 214 g/mol. The third-order valence-electron chi connectivity index (χ3n) is 3.11. The summed E-state index contributed by atoms with van der Waals surface area (Å²) in [6, 6.07) is 6.29. The number of hydrogen-bond donors (Lipinski definition) is 2. The number of rotatable bonds is 2. The fourth-order valence-corrected chi connectivity index (χ4v) is 1.94. The van der Waals surface area contributed by atoms with Gasteiger partial charge in [0.05, 0.1) is 5.52 Å². The standard InChI is InChI=1S/C12H14N4/c13-8-4-5-11-10(6-8)12(15-7-14-11)16-9-2-1-3-9/h4-7,9H,1-3,13H2,(H,14,15,16). The molecular formula is C12H14N4. The molecule has 2 aromatic rings. The summed E-state index contributed by atoms with van der Waals surface area (Å²) in [5.41, 5.74) is 7.47. The number of benzene rings is 1. The van der Waals surface area contributed by atoms with Crippen LogP contribution in [0.4, 0.5) is 11.5 Å². The lowest BCUT2D eigenvalue weighted by atomic mass is 9.93. The molecule has 0 aliphatic heterocycles. The maximum absolute atomic E-state index is 5.79. The van der Waals surface area contributed by atoms with E-state index in [2.05, 4.69) is 15.3 Å². The highest BCUT2D eigenvalue weighted by Crippen LogP contribution is 2.27. The summed E-state index contributed by atoms with van der Waals surface area (Å²) in [5, 5.41) is 4.45. The molecule has 0 atom stereocenters. The second kappa shape index (κ2) is 3.63. The Morgan fingerprint density at radius 1 is 1.25 bits per heavy atom. The van der Waals surface area contributed by atoms with Crippen LogP contribution in [0.2, 0.25) is 0 Å². The number of nitrogens with zero attached hydrogens (tertiary/aromatic N) is 2. The van der Waals surface area contributed by atoms with Gasteiger partial charge in [0.1, 0.15) is 12.1 Å². The zero-order valence-corrected chi connectivity index (χ0v) is 8.98. The van der Waals surface area contributed by atoms with Gasteiger partial charge < -0.3 is 11.1 Å². The SMILES string of the molecule is Nc1ccc2ncnc(NC3CCC3)c2c1. The molecule has 0 bridgehead atoms. The molecule has 16 heavy (non-hydrogen) atoms.